The van der Waals surface area contributed by atoms with E-state index < -0.39 is 12.2 Å². The summed E-state index contributed by atoms with van der Waals surface area (Å²) in [5, 5.41) is 12.1. The number of rotatable bonds is 6. The minimum absolute atomic E-state index is 0.0772. The molecule has 1 fully saturated rings. The lowest BCUT2D eigenvalue weighted by atomic mass is 9.90. The first-order chi connectivity index (χ1) is 11.6. The van der Waals surface area contributed by atoms with Crippen molar-refractivity contribution >= 4 is 12.2 Å². The minimum atomic E-state index is -0.960. The summed E-state index contributed by atoms with van der Waals surface area (Å²) in [6, 6.07) is 9.27. The van der Waals surface area contributed by atoms with Gasteiger partial charge in [0.1, 0.15) is 6.61 Å². The number of carbonyl (C=O) groups excluding carboxylic acids is 1. The van der Waals surface area contributed by atoms with E-state index in [0.29, 0.717) is 19.5 Å². The molecule has 2 atom stereocenters. The summed E-state index contributed by atoms with van der Waals surface area (Å²) in [6.45, 7) is 0.822. The quantitative estimate of drug-likeness (QED) is 0.739. The molecule has 0 aliphatic heterocycles. The number of alkyl carbamates (subject to hydrolysis) is 1. The zero-order chi connectivity index (χ0) is 17.4. The van der Waals surface area contributed by atoms with E-state index in [9.17, 15) is 14.7 Å². The van der Waals surface area contributed by atoms with E-state index in [4.69, 9.17) is 10.5 Å². The highest BCUT2D eigenvalue weighted by atomic mass is 16.5. The molecule has 2 unspecified atom stereocenters. The molecular weight excluding hydrogens is 310 g/mol. The van der Waals surface area contributed by atoms with Crippen LogP contribution in [0, 0.1) is 0 Å². The number of hydrogen-bond acceptors (Lipinski definition) is 4. The number of nitrogens with zero attached hydrogens (tertiary/aromatic N) is 1. The summed E-state index contributed by atoms with van der Waals surface area (Å²) in [7, 11) is 0. The molecule has 1 saturated carbocycles. The maximum atomic E-state index is 11.9. The Morgan fingerprint density at radius 2 is 2.04 bits per heavy atom. The molecule has 0 radical (unpaired) electrons. The largest absolute Gasteiger partial charge is 0.465 e. The van der Waals surface area contributed by atoms with E-state index in [1.807, 2.05) is 30.3 Å². The highest BCUT2D eigenvalue weighted by Gasteiger charge is 2.30. The van der Waals surface area contributed by atoms with Crippen molar-refractivity contribution in [2.45, 2.75) is 44.4 Å². The Bertz CT molecular complexity index is 538. The van der Waals surface area contributed by atoms with Crippen LogP contribution in [0.3, 0.4) is 0 Å². The van der Waals surface area contributed by atoms with Crippen LogP contribution in [0.4, 0.5) is 9.59 Å². The summed E-state index contributed by atoms with van der Waals surface area (Å²) < 4.78 is 5.22. The van der Waals surface area contributed by atoms with E-state index >= 15 is 0 Å². The number of ether oxygens (including phenoxy) is 1. The van der Waals surface area contributed by atoms with Gasteiger partial charge in [0.05, 0.1) is 0 Å². The van der Waals surface area contributed by atoms with E-state index in [-0.39, 0.29) is 18.7 Å². The summed E-state index contributed by atoms with van der Waals surface area (Å²) in [4.78, 5) is 24.7. The van der Waals surface area contributed by atoms with E-state index in [2.05, 4.69) is 5.32 Å². The maximum absolute atomic E-state index is 11.9. The smallest absolute Gasteiger partial charge is 0.407 e. The van der Waals surface area contributed by atoms with Gasteiger partial charge in [0, 0.05) is 25.2 Å². The van der Waals surface area contributed by atoms with Gasteiger partial charge in [-0.15, -0.1) is 0 Å². The van der Waals surface area contributed by atoms with Crippen LogP contribution in [-0.4, -0.2) is 47.4 Å². The van der Waals surface area contributed by atoms with E-state index in [1.54, 1.807) is 0 Å². The Balaban J connectivity index is 1.81. The topological polar surface area (TPSA) is 105 Å². The average Bonchev–Trinajstić information content (AvgIpc) is 2.59. The summed E-state index contributed by atoms with van der Waals surface area (Å²) in [6.07, 6.45) is 1.65. The van der Waals surface area contributed by atoms with Crippen molar-refractivity contribution in [2.24, 2.45) is 5.73 Å². The summed E-state index contributed by atoms with van der Waals surface area (Å²) in [5.74, 6) is 0. The van der Waals surface area contributed by atoms with E-state index in [1.165, 1.54) is 4.90 Å². The number of carboxylic acid groups (broad SMARTS) is 1. The molecule has 0 heterocycles. The van der Waals surface area contributed by atoms with Gasteiger partial charge in [-0.3, -0.25) is 0 Å². The third-order valence-electron chi connectivity index (χ3n) is 4.24. The first-order valence-corrected chi connectivity index (χ1v) is 8.27. The molecule has 0 bridgehead atoms. The fourth-order valence-electron chi connectivity index (χ4n) is 3.08. The Labute approximate surface area is 141 Å². The molecule has 1 aliphatic rings. The third kappa shape index (κ3) is 5.42. The lowest BCUT2D eigenvalue weighted by molar-refractivity contribution is 0.101. The summed E-state index contributed by atoms with van der Waals surface area (Å²) in [5.41, 5.74) is 6.41. The minimum Gasteiger partial charge on any atom is -0.465 e. The normalized spacial score (nSPS) is 20.2. The Hall–Kier alpha value is -2.28. The Morgan fingerprint density at radius 1 is 1.29 bits per heavy atom. The lowest BCUT2D eigenvalue weighted by Crippen LogP contribution is -2.49. The number of benzene rings is 1. The zero-order valence-electron chi connectivity index (χ0n) is 13.7. The van der Waals surface area contributed by atoms with Crippen LogP contribution in [0.1, 0.15) is 31.2 Å². The molecule has 1 aromatic carbocycles. The zero-order valence-corrected chi connectivity index (χ0v) is 13.7. The molecule has 24 heavy (non-hydrogen) atoms. The molecule has 2 amide bonds. The molecule has 0 spiro atoms. The molecule has 0 aromatic heterocycles. The van der Waals surface area contributed by atoms with Gasteiger partial charge in [0.15, 0.2) is 0 Å². The van der Waals surface area contributed by atoms with Gasteiger partial charge >= 0.3 is 12.2 Å². The van der Waals surface area contributed by atoms with Crippen molar-refractivity contribution in [1.82, 2.24) is 10.2 Å². The third-order valence-corrected chi connectivity index (χ3v) is 4.24. The van der Waals surface area contributed by atoms with Gasteiger partial charge in [-0.25, -0.2) is 9.59 Å². The fraction of sp³-hybridized carbons (Fsp3) is 0.529. The highest BCUT2D eigenvalue weighted by molar-refractivity contribution is 5.68. The number of amides is 2. The fourth-order valence-corrected chi connectivity index (χ4v) is 3.08. The molecule has 2 rings (SSSR count). The maximum Gasteiger partial charge on any atom is 0.407 e. The molecule has 7 heteroatoms. The predicted molar refractivity (Wildman–Crippen MR) is 89.6 cm³/mol. The summed E-state index contributed by atoms with van der Waals surface area (Å²) >= 11 is 0. The first-order valence-electron chi connectivity index (χ1n) is 8.27. The van der Waals surface area contributed by atoms with Crippen molar-refractivity contribution in [3.63, 3.8) is 0 Å². The lowest BCUT2D eigenvalue weighted by Gasteiger charge is -2.35. The molecule has 7 nitrogen and oxygen atoms in total. The molecule has 132 valence electrons. The molecule has 1 aromatic rings. The Morgan fingerprint density at radius 3 is 2.71 bits per heavy atom. The van der Waals surface area contributed by atoms with Crippen molar-refractivity contribution < 1.29 is 19.4 Å². The highest BCUT2D eigenvalue weighted by Crippen LogP contribution is 2.23. The van der Waals surface area contributed by atoms with Gasteiger partial charge in [-0.05, 0) is 31.2 Å². The van der Waals surface area contributed by atoms with Crippen LogP contribution in [0.15, 0.2) is 30.3 Å². The number of nitrogens with two attached hydrogens (primary N) is 1. The van der Waals surface area contributed by atoms with Crippen LogP contribution in [0.25, 0.3) is 0 Å². The van der Waals surface area contributed by atoms with Gasteiger partial charge < -0.3 is 25.8 Å². The first kappa shape index (κ1) is 18.1. The van der Waals surface area contributed by atoms with Crippen LogP contribution < -0.4 is 11.1 Å². The second-order valence-corrected chi connectivity index (χ2v) is 5.99. The van der Waals surface area contributed by atoms with Crippen LogP contribution in [0.2, 0.25) is 0 Å². The number of carbonyl (C=O) groups is 2. The monoisotopic (exact) mass is 335 g/mol. The van der Waals surface area contributed by atoms with Crippen molar-refractivity contribution in [3.8, 4) is 0 Å². The van der Waals surface area contributed by atoms with Gasteiger partial charge in [0.25, 0.3) is 0 Å². The van der Waals surface area contributed by atoms with E-state index in [0.717, 1.165) is 24.8 Å². The van der Waals surface area contributed by atoms with Crippen molar-refractivity contribution in [3.05, 3.63) is 35.9 Å². The van der Waals surface area contributed by atoms with Gasteiger partial charge in [-0.2, -0.15) is 0 Å². The van der Waals surface area contributed by atoms with Crippen LogP contribution in [-0.2, 0) is 11.3 Å². The van der Waals surface area contributed by atoms with Crippen molar-refractivity contribution in [1.29, 1.82) is 0 Å². The van der Waals surface area contributed by atoms with Crippen molar-refractivity contribution in [2.75, 3.05) is 13.1 Å². The van der Waals surface area contributed by atoms with Gasteiger partial charge in [0.2, 0.25) is 0 Å². The van der Waals surface area contributed by atoms with Crippen LogP contribution >= 0.6 is 0 Å². The molecule has 4 N–H and O–H groups in total. The molecule has 0 saturated heterocycles. The second kappa shape index (κ2) is 9.12. The standard InChI is InChI=1S/C17H25N3O4/c18-9-10-20(17(22)23)15-8-4-7-14(11-15)19-16(21)24-12-13-5-2-1-3-6-13/h1-3,5-6,14-15H,4,7-12,18H2,(H,19,21)(H,22,23). The SMILES string of the molecule is NCCN(C(=O)O)C1CCCC(NC(=O)OCc2ccccc2)C1. The second-order valence-electron chi connectivity index (χ2n) is 5.99. The predicted octanol–water partition coefficient (Wildman–Crippen LogP) is 2.16. The molecule has 1 aliphatic carbocycles. The van der Waals surface area contributed by atoms with Crippen LogP contribution in [0.5, 0.6) is 0 Å². The average molecular weight is 335 g/mol. The number of hydrogen-bond donors (Lipinski definition) is 3. The molecular formula is C17H25N3O4. The Kier molecular flexibility index (Phi) is 6.87. The van der Waals surface area contributed by atoms with Gasteiger partial charge in [-0.1, -0.05) is 30.3 Å². The number of nitrogens with one attached hydrogen (secondary N) is 1.